The molecule has 0 unspecified atom stereocenters. The Balaban J connectivity index is 2.82. The van der Waals surface area contributed by atoms with E-state index in [0.717, 1.165) is 11.3 Å². The van der Waals surface area contributed by atoms with Gasteiger partial charge in [-0.1, -0.05) is 0 Å². The van der Waals surface area contributed by atoms with Crippen molar-refractivity contribution in [2.75, 3.05) is 18.9 Å². The smallest absolute Gasteiger partial charge is 0.357 e. The zero-order chi connectivity index (χ0) is 11.5. The van der Waals surface area contributed by atoms with E-state index in [-0.39, 0.29) is 10.8 Å². The van der Waals surface area contributed by atoms with Gasteiger partial charge in [0.05, 0.1) is 7.11 Å². The van der Waals surface area contributed by atoms with E-state index in [1.54, 1.807) is 0 Å². The first kappa shape index (κ1) is 11.9. The summed E-state index contributed by atoms with van der Waals surface area (Å²) in [5.41, 5.74) is 0.0660. The van der Waals surface area contributed by atoms with Gasteiger partial charge in [-0.2, -0.15) is 8.42 Å². The number of carbonyl (C=O) groups is 1. The number of rotatable bonds is 4. The topological polar surface area (TPSA) is 97.4 Å². The highest BCUT2D eigenvalue weighted by Crippen LogP contribution is 2.16. The summed E-state index contributed by atoms with van der Waals surface area (Å²) in [5, 5.41) is 1.50. The largest absolute Gasteiger partial charge is 0.464 e. The van der Waals surface area contributed by atoms with E-state index in [4.69, 9.17) is 0 Å². The molecule has 0 spiro atoms. The molecular weight excluding hydrogens is 242 g/mol. The number of hydrogen-bond acceptors (Lipinski definition) is 6. The first-order chi connectivity index (χ1) is 6.98. The van der Waals surface area contributed by atoms with Crippen molar-refractivity contribution in [2.24, 2.45) is 0 Å². The Kier molecular flexibility index (Phi) is 3.61. The first-order valence-corrected chi connectivity index (χ1v) is 6.10. The summed E-state index contributed by atoms with van der Waals surface area (Å²) < 4.78 is 30.7. The van der Waals surface area contributed by atoms with Crippen molar-refractivity contribution >= 4 is 32.6 Å². The molecule has 0 saturated carbocycles. The molecule has 2 N–H and O–H groups in total. The van der Waals surface area contributed by atoms with Gasteiger partial charge >= 0.3 is 16.2 Å². The van der Waals surface area contributed by atoms with Crippen LogP contribution in [0, 0.1) is 0 Å². The van der Waals surface area contributed by atoms with Crippen LogP contribution in [-0.4, -0.2) is 33.5 Å². The molecule has 0 bridgehead atoms. The number of anilines is 1. The Labute approximate surface area is 90.7 Å². The van der Waals surface area contributed by atoms with E-state index < -0.39 is 16.2 Å². The minimum Gasteiger partial charge on any atom is -0.464 e. The van der Waals surface area contributed by atoms with Crippen LogP contribution in [0.1, 0.15) is 10.5 Å². The summed E-state index contributed by atoms with van der Waals surface area (Å²) >= 11 is 0.993. The molecule has 9 heteroatoms. The quantitative estimate of drug-likeness (QED) is 0.723. The molecule has 0 radical (unpaired) electrons. The Morgan fingerprint density at radius 1 is 1.60 bits per heavy atom. The Bertz CT molecular complexity index is 453. The Hall–Kier alpha value is -1.19. The number of ether oxygens (including phenoxy) is 1. The lowest BCUT2D eigenvalue weighted by Crippen LogP contribution is -2.26. The lowest BCUT2D eigenvalue weighted by atomic mass is 10.5. The standard InChI is InChI=1S/C6H9N3O4S2/c1-7-15(11,12)9-6-8-4(3-14-6)5(10)13-2/h3,7H,1-2H3,(H,8,9). The second kappa shape index (κ2) is 4.55. The maximum Gasteiger partial charge on any atom is 0.357 e. The maximum absolute atomic E-state index is 11.0. The third-order valence-electron chi connectivity index (χ3n) is 1.39. The summed E-state index contributed by atoms with van der Waals surface area (Å²) in [7, 11) is -1.11. The molecule has 0 saturated heterocycles. The van der Waals surface area contributed by atoms with Crippen LogP contribution in [0.25, 0.3) is 0 Å². The second-order valence-corrected chi connectivity index (χ2v) is 4.82. The zero-order valence-corrected chi connectivity index (χ0v) is 9.61. The SMILES string of the molecule is CNS(=O)(=O)Nc1nc(C(=O)OC)cs1. The number of aromatic nitrogens is 1. The number of esters is 1. The normalized spacial score (nSPS) is 11.1. The predicted molar refractivity (Wildman–Crippen MR) is 55.1 cm³/mol. The molecule has 1 aromatic heterocycles. The summed E-state index contributed by atoms with van der Waals surface area (Å²) in [5.74, 6) is -0.610. The molecule has 15 heavy (non-hydrogen) atoms. The lowest BCUT2D eigenvalue weighted by molar-refractivity contribution is 0.0595. The van der Waals surface area contributed by atoms with Gasteiger partial charge in [0.25, 0.3) is 0 Å². The molecule has 84 valence electrons. The van der Waals surface area contributed by atoms with Crippen molar-refractivity contribution in [3.63, 3.8) is 0 Å². The van der Waals surface area contributed by atoms with Crippen LogP contribution in [-0.2, 0) is 14.9 Å². The zero-order valence-electron chi connectivity index (χ0n) is 7.97. The van der Waals surface area contributed by atoms with E-state index in [9.17, 15) is 13.2 Å². The molecule has 0 atom stereocenters. The van der Waals surface area contributed by atoms with Crippen molar-refractivity contribution in [1.82, 2.24) is 9.71 Å². The van der Waals surface area contributed by atoms with Gasteiger partial charge in [0.1, 0.15) is 0 Å². The van der Waals surface area contributed by atoms with Crippen LogP contribution in [0.4, 0.5) is 5.13 Å². The molecule has 0 aliphatic heterocycles. The van der Waals surface area contributed by atoms with Gasteiger partial charge in [0.15, 0.2) is 10.8 Å². The Morgan fingerprint density at radius 2 is 2.27 bits per heavy atom. The highest BCUT2D eigenvalue weighted by atomic mass is 32.2. The lowest BCUT2D eigenvalue weighted by Gasteiger charge is -2.00. The molecule has 0 amide bonds. The van der Waals surface area contributed by atoms with Gasteiger partial charge in [0, 0.05) is 12.4 Å². The number of methoxy groups -OCH3 is 1. The van der Waals surface area contributed by atoms with Crippen LogP contribution in [0.5, 0.6) is 0 Å². The van der Waals surface area contributed by atoms with Crippen molar-refractivity contribution in [3.8, 4) is 0 Å². The fourth-order valence-corrected chi connectivity index (χ4v) is 2.11. The second-order valence-electron chi connectivity index (χ2n) is 2.34. The molecule has 1 heterocycles. The summed E-state index contributed by atoms with van der Waals surface area (Å²) in [6, 6.07) is 0. The molecule has 7 nitrogen and oxygen atoms in total. The minimum atomic E-state index is -3.60. The highest BCUT2D eigenvalue weighted by Gasteiger charge is 2.13. The van der Waals surface area contributed by atoms with Gasteiger partial charge in [-0.05, 0) is 0 Å². The molecular formula is C6H9N3O4S2. The van der Waals surface area contributed by atoms with Crippen LogP contribution >= 0.6 is 11.3 Å². The Morgan fingerprint density at radius 3 is 2.80 bits per heavy atom. The van der Waals surface area contributed by atoms with E-state index in [0.29, 0.717) is 0 Å². The molecule has 0 aromatic carbocycles. The summed E-state index contributed by atoms with van der Waals surface area (Å²) in [6.07, 6.45) is 0. The van der Waals surface area contributed by atoms with Crippen LogP contribution < -0.4 is 9.44 Å². The van der Waals surface area contributed by atoms with Gasteiger partial charge in [-0.15, -0.1) is 11.3 Å². The molecule has 0 aliphatic carbocycles. The third kappa shape index (κ3) is 3.15. The highest BCUT2D eigenvalue weighted by molar-refractivity contribution is 7.91. The number of thiazole rings is 1. The monoisotopic (exact) mass is 251 g/mol. The van der Waals surface area contributed by atoms with Crippen LogP contribution in [0.3, 0.4) is 0 Å². The average Bonchev–Trinajstić information content (AvgIpc) is 2.64. The van der Waals surface area contributed by atoms with Gasteiger partial charge in [-0.3, -0.25) is 0 Å². The van der Waals surface area contributed by atoms with Crippen LogP contribution in [0.2, 0.25) is 0 Å². The molecule has 1 aromatic rings. The fraction of sp³-hybridized carbons (Fsp3) is 0.333. The van der Waals surface area contributed by atoms with E-state index in [1.165, 1.54) is 19.5 Å². The first-order valence-electron chi connectivity index (χ1n) is 3.73. The minimum absolute atomic E-state index is 0.0660. The summed E-state index contributed by atoms with van der Waals surface area (Å²) in [4.78, 5) is 14.7. The van der Waals surface area contributed by atoms with Gasteiger partial charge < -0.3 is 4.74 Å². The van der Waals surface area contributed by atoms with Gasteiger partial charge in [0.2, 0.25) is 0 Å². The van der Waals surface area contributed by atoms with E-state index in [2.05, 4.69) is 19.2 Å². The summed E-state index contributed by atoms with van der Waals surface area (Å²) in [6.45, 7) is 0. The molecule has 0 aliphatic rings. The predicted octanol–water partition coefficient (Wildman–Crippen LogP) is -0.194. The van der Waals surface area contributed by atoms with Crippen molar-refractivity contribution in [3.05, 3.63) is 11.1 Å². The van der Waals surface area contributed by atoms with E-state index in [1.807, 2.05) is 0 Å². The van der Waals surface area contributed by atoms with Crippen molar-refractivity contribution < 1.29 is 17.9 Å². The van der Waals surface area contributed by atoms with E-state index >= 15 is 0 Å². The van der Waals surface area contributed by atoms with Crippen molar-refractivity contribution in [2.45, 2.75) is 0 Å². The average molecular weight is 251 g/mol. The number of carbonyl (C=O) groups excluding carboxylic acids is 1. The maximum atomic E-state index is 11.0. The molecule has 1 rings (SSSR count). The van der Waals surface area contributed by atoms with Crippen LogP contribution in [0.15, 0.2) is 5.38 Å². The number of nitrogens with one attached hydrogen (secondary N) is 2. The number of hydrogen-bond donors (Lipinski definition) is 2. The van der Waals surface area contributed by atoms with Gasteiger partial charge in [-0.25, -0.2) is 19.2 Å². The van der Waals surface area contributed by atoms with Crippen molar-refractivity contribution in [1.29, 1.82) is 0 Å². The number of nitrogens with zero attached hydrogens (tertiary/aromatic N) is 1. The third-order valence-corrected chi connectivity index (χ3v) is 3.28. The fourth-order valence-electron chi connectivity index (χ4n) is 0.685. The molecule has 0 fully saturated rings.